The number of likely N-dealkylation sites (tertiary alicyclic amines) is 1. The molecule has 2 aliphatic rings. The van der Waals surface area contributed by atoms with E-state index in [9.17, 15) is 9.59 Å². The molecule has 2 N–H and O–H groups in total. The number of nitrogens with one attached hydrogen (secondary N) is 1. The molecule has 0 aromatic heterocycles. The first-order valence-electron chi connectivity index (χ1n) is 6.32. The highest BCUT2D eigenvalue weighted by atomic mass is 16.5. The van der Waals surface area contributed by atoms with Crippen LogP contribution in [0.3, 0.4) is 0 Å². The molecule has 0 bridgehead atoms. The summed E-state index contributed by atoms with van der Waals surface area (Å²) in [5.41, 5.74) is -1.35. The first kappa shape index (κ1) is 13.3. The van der Waals surface area contributed by atoms with Crippen LogP contribution in [0.25, 0.3) is 0 Å². The third-order valence-electron chi connectivity index (χ3n) is 3.81. The number of aliphatic carboxylic acids is 1. The maximum atomic E-state index is 11.9. The van der Waals surface area contributed by atoms with Crippen LogP contribution in [0.1, 0.15) is 12.8 Å². The maximum absolute atomic E-state index is 11.9. The summed E-state index contributed by atoms with van der Waals surface area (Å²) < 4.78 is 4.88. The zero-order valence-electron chi connectivity index (χ0n) is 10.6. The van der Waals surface area contributed by atoms with Gasteiger partial charge in [-0.1, -0.05) is 0 Å². The highest BCUT2D eigenvalue weighted by Gasteiger charge is 2.53. The molecule has 2 heterocycles. The average molecular weight is 256 g/mol. The zero-order valence-corrected chi connectivity index (χ0v) is 10.6. The van der Waals surface area contributed by atoms with Crippen LogP contribution in [0.2, 0.25) is 0 Å². The molecule has 0 aliphatic carbocycles. The summed E-state index contributed by atoms with van der Waals surface area (Å²) in [6.45, 7) is 2.57. The van der Waals surface area contributed by atoms with E-state index in [1.807, 2.05) is 0 Å². The smallest absolute Gasteiger partial charge is 0.324 e. The predicted molar refractivity (Wildman–Crippen MR) is 64.1 cm³/mol. The minimum atomic E-state index is -1.35. The van der Waals surface area contributed by atoms with Gasteiger partial charge in [-0.15, -0.1) is 0 Å². The van der Waals surface area contributed by atoms with E-state index in [0.717, 1.165) is 25.9 Å². The Bertz CT molecular complexity index is 341. The summed E-state index contributed by atoms with van der Waals surface area (Å²) in [6.07, 6.45) is 2.21. The van der Waals surface area contributed by atoms with Gasteiger partial charge in [-0.3, -0.25) is 9.59 Å². The van der Waals surface area contributed by atoms with E-state index in [1.165, 1.54) is 0 Å². The zero-order chi connectivity index (χ0) is 13.2. The number of carbonyl (C=O) groups is 2. The molecule has 0 aromatic rings. The molecule has 18 heavy (non-hydrogen) atoms. The lowest BCUT2D eigenvalue weighted by molar-refractivity contribution is -0.185. The molecule has 1 unspecified atom stereocenters. The molecule has 2 aliphatic heterocycles. The van der Waals surface area contributed by atoms with Crippen LogP contribution < -0.4 is 5.32 Å². The van der Waals surface area contributed by atoms with E-state index < -0.39 is 17.3 Å². The second kappa shape index (κ2) is 5.24. The number of carboxylic acids is 1. The van der Waals surface area contributed by atoms with Crippen LogP contribution in [0.15, 0.2) is 0 Å². The van der Waals surface area contributed by atoms with Crippen LogP contribution >= 0.6 is 0 Å². The van der Waals surface area contributed by atoms with E-state index >= 15 is 0 Å². The number of ether oxygens (including phenoxy) is 1. The Morgan fingerprint density at radius 1 is 1.50 bits per heavy atom. The molecule has 6 heteroatoms. The Balaban J connectivity index is 1.82. The standard InChI is InChI=1S/C12H20N2O4/c1-14-4-2-3-9(6-14)5-13-10(15)12(11(16)17)7-18-8-12/h9H,2-8H2,1H3,(H,13,15)(H,16,17). The molecule has 1 atom stereocenters. The van der Waals surface area contributed by atoms with Crippen molar-refractivity contribution in [2.45, 2.75) is 12.8 Å². The van der Waals surface area contributed by atoms with E-state index in [0.29, 0.717) is 12.5 Å². The third-order valence-corrected chi connectivity index (χ3v) is 3.81. The lowest BCUT2D eigenvalue weighted by atomic mass is 9.84. The fraction of sp³-hybridized carbons (Fsp3) is 0.833. The van der Waals surface area contributed by atoms with Gasteiger partial charge in [0.2, 0.25) is 5.91 Å². The van der Waals surface area contributed by atoms with Crippen molar-refractivity contribution in [3.8, 4) is 0 Å². The summed E-state index contributed by atoms with van der Waals surface area (Å²) in [6, 6.07) is 0. The van der Waals surface area contributed by atoms with Gasteiger partial charge in [0.05, 0.1) is 13.2 Å². The van der Waals surface area contributed by atoms with Crippen LogP contribution in [0, 0.1) is 11.3 Å². The fourth-order valence-electron chi connectivity index (χ4n) is 2.50. The summed E-state index contributed by atoms with van der Waals surface area (Å²) in [5.74, 6) is -1.08. The van der Waals surface area contributed by atoms with Crippen molar-refractivity contribution in [2.24, 2.45) is 11.3 Å². The lowest BCUT2D eigenvalue weighted by Crippen LogP contribution is -2.59. The van der Waals surface area contributed by atoms with Crippen molar-refractivity contribution in [3.05, 3.63) is 0 Å². The predicted octanol–water partition coefficient (Wildman–Crippen LogP) is -0.454. The molecule has 0 aromatic carbocycles. The first-order valence-corrected chi connectivity index (χ1v) is 6.32. The Hall–Kier alpha value is -1.14. The van der Waals surface area contributed by atoms with Gasteiger partial charge < -0.3 is 20.1 Å². The molecular weight excluding hydrogens is 236 g/mol. The molecule has 2 rings (SSSR count). The van der Waals surface area contributed by atoms with E-state index in [-0.39, 0.29) is 13.2 Å². The van der Waals surface area contributed by atoms with Gasteiger partial charge in [-0.25, -0.2) is 0 Å². The average Bonchev–Trinajstić information content (AvgIpc) is 2.24. The van der Waals surface area contributed by atoms with E-state index in [1.54, 1.807) is 0 Å². The van der Waals surface area contributed by atoms with Gasteiger partial charge >= 0.3 is 5.97 Å². The molecule has 2 fully saturated rings. The summed E-state index contributed by atoms with van der Waals surface area (Å²) >= 11 is 0. The summed E-state index contributed by atoms with van der Waals surface area (Å²) in [7, 11) is 2.06. The molecule has 0 saturated carbocycles. The number of rotatable bonds is 4. The van der Waals surface area contributed by atoms with E-state index in [2.05, 4.69) is 17.3 Å². The molecule has 6 nitrogen and oxygen atoms in total. The van der Waals surface area contributed by atoms with Gasteiger partial charge in [0.15, 0.2) is 5.41 Å². The number of nitrogens with zero attached hydrogens (tertiary/aromatic N) is 1. The molecule has 102 valence electrons. The maximum Gasteiger partial charge on any atom is 0.324 e. The highest BCUT2D eigenvalue weighted by Crippen LogP contribution is 2.28. The quantitative estimate of drug-likeness (QED) is 0.666. The number of amides is 1. The minimum absolute atomic E-state index is 0.0151. The van der Waals surface area contributed by atoms with Gasteiger partial charge in [0.1, 0.15) is 0 Å². The van der Waals surface area contributed by atoms with Crippen molar-refractivity contribution in [3.63, 3.8) is 0 Å². The van der Waals surface area contributed by atoms with Gasteiger partial charge in [-0.2, -0.15) is 0 Å². The van der Waals surface area contributed by atoms with Crippen molar-refractivity contribution in [2.75, 3.05) is 39.9 Å². The summed E-state index contributed by atoms with van der Waals surface area (Å²) in [5, 5.41) is 11.9. The molecule has 2 saturated heterocycles. The summed E-state index contributed by atoms with van der Waals surface area (Å²) in [4.78, 5) is 25.3. The monoisotopic (exact) mass is 256 g/mol. The normalized spacial score (nSPS) is 27.3. The topological polar surface area (TPSA) is 78.9 Å². The third kappa shape index (κ3) is 2.49. The van der Waals surface area contributed by atoms with E-state index in [4.69, 9.17) is 9.84 Å². The number of carbonyl (C=O) groups excluding carboxylic acids is 1. The number of hydrogen-bond donors (Lipinski definition) is 2. The number of carboxylic acid groups (broad SMARTS) is 1. The van der Waals surface area contributed by atoms with Crippen molar-refractivity contribution in [1.82, 2.24) is 10.2 Å². The molecule has 0 radical (unpaired) electrons. The van der Waals surface area contributed by atoms with Crippen LogP contribution in [0.5, 0.6) is 0 Å². The minimum Gasteiger partial charge on any atom is -0.480 e. The second-order valence-electron chi connectivity index (χ2n) is 5.36. The van der Waals surface area contributed by atoms with Gasteiger partial charge in [-0.05, 0) is 32.4 Å². The van der Waals surface area contributed by atoms with Crippen molar-refractivity contribution < 1.29 is 19.4 Å². The van der Waals surface area contributed by atoms with Crippen LogP contribution in [-0.4, -0.2) is 61.8 Å². The van der Waals surface area contributed by atoms with Gasteiger partial charge in [0.25, 0.3) is 0 Å². The van der Waals surface area contributed by atoms with Gasteiger partial charge in [0, 0.05) is 13.1 Å². The SMILES string of the molecule is CN1CCCC(CNC(=O)C2(C(=O)O)COC2)C1. The van der Waals surface area contributed by atoms with Crippen LogP contribution in [0.4, 0.5) is 0 Å². The molecule has 0 spiro atoms. The van der Waals surface area contributed by atoms with Crippen molar-refractivity contribution >= 4 is 11.9 Å². The lowest BCUT2D eigenvalue weighted by Gasteiger charge is -2.36. The second-order valence-corrected chi connectivity index (χ2v) is 5.36. The molecule has 1 amide bonds. The fourth-order valence-corrected chi connectivity index (χ4v) is 2.50. The largest absolute Gasteiger partial charge is 0.480 e. The Labute approximate surface area is 106 Å². The Morgan fingerprint density at radius 2 is 2.22 bits per heavy atom. The Kier molecular flexibility index (Phi) is 3.87. The number of hydrogen-bond acceptors (Lipinski definition) is 4. The highest BCUT2D eigenvalue weighted by molar-refractivity contribution is 6.03. The van der Waals surface area contributed by atoms with Crippen molar-refractivity contribution in [1.29, 1.82) is 0 Å². The first-order chi connectivity index (χ1) is 8.54. The Morgan fingerprint density at radius 3 is 2.72 bits per heavy atom. The number of piperidine rings is 1. The molecular formula is C12H20N2O4. The van der Waals surface area contributed by atoms with Crippen LogP contribution in [-0.2, 0) is 14.3 Å².